The lowest BCUT2D eigenvalue weighted by Crippen LogP contribution is -2.58. The van der Waals surface area contributed by atoms with E-state index >= 15 is 0 Å². The second kappa shape index (κ2) is 9.03. The van der Waals surface area contributed by atoms with Crippen LogP contribution in [-0.2, 0) is 19.3 Å². The molecule has 7 unspecified atom stereocenters. The molecule has 4 aliphatic carbocycles. The summed E-state index contributed by atoms with van der Waals surface area (Å²) in [6.07, 6.45) is 10.0. The average Bonchev–Trinajstić information content (AvgIpc) is 3.23. The van der Waals surface area contributed by atoms with Gasteiger partial charge in [-0.25, -0.2) is 9.78 Å². The Bertz CT molecular complexity index is 1030. The Morgan fingerprint density at radius 3 is 2.42 bits per heavy atom. The number of carbonyl (C=O) groups excluding carboxylic acids is 1. The minimum absolute atomic E-state index is 0.224. The number of carbonyl (C=O) groups is 1. The fourth-order valence-electron chi connectivity index (χ4n) is 9.51. The fraction of sp³-hybridized carbons (Fsp3) is 0.710. The molecule has 0 N–H and O–H groups in total. The van der Waals surface area contributed by atoms with E-state index in [9.17, 15) is 4.79 Å². The molecule has 9 atom stereocenters. The van der Waals surface area contributed by atoms with Gasteiger partial charge in [-0.3, -0.25) is 4.79 Å². The van der Waals surface area contributed by atoms with Crippen LogP contribution in [0.3, 0.4) is 0 Å². The standard InChI is InChI=1S/C31H41BrO4/c1-19(21-5-8-23(32)9-6-21)28-18-34-31(36-35-28)16-15-29(3)22(17-31)7-10-24-26-12-11-25(20(2)33)30(26,4)14-13-27(24)29/h5-6,8-9,22,24-28H,1,7,10-18H2,2-4H3/t22?,24?,25?,26?,27?,28?,29-,30+,31?/m0/s1. The van der Waals surface area contributed by atoms with Gasteiger partial charge >= 0.3 is 0 Å². The minimum atomic E-state index is -0.621. The summed E-state index contributed by atoms with van der Waals surface area (Å²) in [7, 11) is 0. The van der Waals surface area contributed by atoms with E-state index in [-0.39, 0.29) is 17.4 Å². The average molecular weight is 558 g/mol. The molecule has 36 heavy (non-hydrogen) atoms. The van der Waals surface area contributed by atoms with Crippen LogP contribution in [0, 0.1) is 40.4 Å². The number of hydrogen-bond acceptors (Lipinski definition) is 4. The molecule has 0 amide bonds. The van der Waals surface area contributed by atoms with Gasteiger partial charge in [0.1, 0.15) is 11.9 Å². The Hall–Kier alpha value is -1.01. The van der Waals surface area contributed by atoms with Gasteiger partial charge < -0.3 is 4.74 Å². The molecule has 4 saturated carbocycles. The van der Waals surface area contributed by atoms with Crippen molar-refractivity contribution in [2.24, 2.45) is 40.4 Å². The molecular weight excluding hydrogens is 516 g/mol. The Labute approximate surface area is 224 Å². The third-order valence-corrected chi connectivity index (χ3v) is 12.1. The van der Waals surface area contributed by atoms with E-state index in [0.717, 1.165) is 59.0 Å². The molecule has 5 aliphatic rings. The number of rotatable bonds is 3. The molecule has 1 spiro atoms. The maximum atomic E-state index is 12.4. The van der Waals surface area contributed by atoms with Crippen LogP contribution in [0.4, 0.5) is 0 Å². The quantitative estimate of drug-likeness (QED) is 0.357. The van der Waals surface area contributed by atoms with E-state index in [0.29, 0.717) is 23.7 Å². The second-order valence-corrected chi connectivity index (χ2v) is 14.0. The van der Waals surface area contributed by atoms with E-state index in [1.165, 1.54) is 32.1 Å². The Balaban J connectivity index is 1.12. The molecule has 4 nitrogen and oxygen atoms in total. The van der Waals surface area contributed by atoms with Gasteiger partial charge in [-0.05, 0) is 110 Å². The Kier molecular flexibility index (Phi) is 6.34. The Morgan fingerprint density at radius 1 is 0.972 bits per heavy atom. The molecule has 1 aromatic rings. The Morgan fingerprint density at radius 2 is 1.72 bits per heavy atom. The maximum absolute atomic E-state index is 12.4. The van der Waals surface area contributed by atoms with Gasteiger partial charge in [0, 0.05) is 23.2 Å². The summed E-state index contributed by atoms with van der Waals surface area (Å²) < 4.78 is 7.53. The van der Waals surface area contributed by atoms with Gasteiger partial charge in [0.15, 0.2) is 0 Å². The summed E-state index contributed by atoms with van der Waals surface area (Å²) in [6.45, 7) is 11.6. The van der Waals surface area contributed by atoms with Gasteiger partial charge in [0.05, 0.1) is 6.61 Å². The van der Waals surface area contributed by atoms with Crippen molar-refractivity contribution in [3.05, 3.63) is 40.9 Å². The summed E-state index contributed by atoms with van der Waals surface area (Å²) >= 11 is 3.49. The lowest BCUT2D eigenvalue weighted by atomic mass is 9.44. The van der Waals surface area contributed by atoms with Crippen LogP contribution in [0.1, 0.15) is 84.1 Å². The number of hydrogen-bond donors (Lipinski definition) is 0. The third kappa shape index (κ3) is 3.90. The van der Waals surface area contributed by atoms with Gasteiger partial charge in [-0.2, -0.15) is 0 Å². The van der Waals surface area contributed by atoms with E-state index in [1.54, 1.807) is 0 Å². The summed E-state index contributed by atoms with van der Waals surface area (Å²) in [5.41, 5.74) is 2.49. The van der Waals surface area contributed by atoms with Gasteiger partial charge in [-0.1, -0.05) is 48.5 Å². The minimum Gasteiger partial charge on any atom is -0.344 e. The summed E-state index contributed by atoms with van der Waals surface area (Å²) in [5, 5.41) is 0. The monoisotopic (exact) mass is 556 g/mol. The van der Waals surface area contributed by atoms with Gasteiger partial charge in [-0.15, -0.1) is 0 Å². The normalized spacial score (nSPS) is 46.0. The van der Waals surface area contributed by atoms with Crippen molar-refractivity contribution >= 4 is 27.3 Å². The molecule has 0 radical (unpaired) electrons. The second-order valence-electron chi connectivity index (χ2n) is 13.1. The zero-order valence-corrected chi connectivity index (χ0v) is 23.6. The van der Waals surface area contributed by atoms with Crippen LogP contribution in [0.5, 0.6) is 0 Å². The maximum Gasteiger partial charge on any atom is 0.202 e. The SMILES string of the molecule is C=C(c1ccc(Br)cc1)C1COC2(CC[C@@]3(C)C(CCC4C3CC[C@]3(C)C(C(C)=O)CCC43)C2)OO1. The van der Waals surface area contributed by atoms with Crippen LogP contribution in [-0.4, -0.2) is 24.3 Å². The van der Waals surface area contributed by atoms with E-state index in [2.05, 4.69) is 36.4 Å². The van der Waals surface area contributed by atoms with Crippen molar-refractivity contribution in [1.82, 2.24) is 0 Å². The number of ketones is 1. The molecular formula is C31H41BrO4. The van der Waals surface area contributed by atoms with Crippen LogP contribution in [0.25, 0.3) is 5.57 Å². The smallest absolute Gasteiger partial charge is 0.202 e. The van der Waals surface area contributed by atoms with Crippen LogP contribution >= 0.6 is 15.9 Å². The zero-order valence-electron chi connectivity index (χ0n) is 22.1. The molecule has 0 bridgehead atoms. The number of ether oxygens (including phenoxy) is 1. The highest BCUT2D eigenvalue weighted by atomic mass is 79.9. The van der Waals surface area contributed by atoms with Crippen molar-refractivity contribution < 1.29 is 19.3 Å². The van der Waals surface area contributed by atoms with Crippen molar-refractivity contribution in [3.63, 3.8) is 0 Å². The van der Waals surface area contributed by atoms with Crippen molar-refractivity contribution in [2.45, 2.75) is 90.4 Å². The highest BCUT2D eigenvalue weighted by Gasteiger charge is 2.62. The lowest BCUT2D eigenvalue weighted by molar-refractivity contribution is -0.489. The molecule has 1 heterocycles. The predicted molar refractivity (Wildman–Crippen MR) is 144 cm³/mol. The van der Waals surface area contributed by atoms with Crippen LogP contribution < -0.4 is 0 Å². The van der Waals surface area contributed by atoms with Gasteiger partial charge in [0.25, 0.3) is 0 Å². The van der Waals surface area contributed by atoms with Crippen LogP contribution in [0.2, 0.25) is 0 Å². The van der Waals surface area contributed by atoms with E-state index in [1.807, 2.05) is 31.2 Å². The number of fused-ring (bicyclic) bond motifs is 5. The fourth-order valence-corrected chi connectivity index (χ4v) is 9.77. The van der Waals surface area contributed by atoms with Crippen molar-refractivity contribution in [1.29, 1.82) is 0 Å². The summed E-state index contributed by atoms with van der Waals surface area (Å²) in [6, 6.07) is 8.13. The molecule has 1 aromatic carbocycles. The number of Topliss-reactive ketones (excluding diaryl/α,β-unsaturated/α-hetero) is 1. The first-order chi connectivity index (χ1) is 17.2. The summed E-state index contributed by atoms with van der Waals surface area (Å²) in [4.78, 5) is 24.5. The summed E-state index contributed by atoms with van der Waals surface area (Å²) in [5.74, 6) is 2.92. The molecule has 5 heteroatoms. The van der Waals surface area contributed by atoms with Crippen LogP contribution in [0.15, 0.2) is 35.3 Å². The number of halogens is 1. The molecule has 1 aliphatic heterocycles. The number of benzene rings is 1. The molecule has 196 valence electrons. The first-order valence-electron chi connectivity index (χ1n) is 14.1. The predicted octanol–water partition coefficient (Wildman–Crippen LogP) is 7.75. The first-order valence-corrected chi connectivity index (χ1v) is 14.9. The van der Waals surface area contributed by atoms with E-state index < -0.39 is 5.79 Å². The van der Waals surface area contributed by atoms with Crippen molar-refractivity contribution in [3.8, 4) is 0 Å². The highest BCUT2D eigenvalue weighted by molar-refractivity contribution is 9.10. The molecule has 0 aromatic heterocycles. The largest absolute Gasteiger partial charge is 0.344 e. The van der Waals surface area contributed by atoms with E-state index in [4.69, 9.17) is 14.5 Å². The highest BCUT2D eigenvalue weighted by Crippen LogP contribution is 2.68. The lowest BCUT2D eigenvalue weighted by Gasteiger charge is -2.62. The molecule has 6 rings (SSSR count). The molecule has 5 fully saturated rings. The van der Waals surface area contributed by atoms with Gasteiger partial charge in [0.2, 0.25) is 5.79 Å². The first kappa shape index (κ1) is 25.3. The topological polar surface area (TPSA) is 44.8 Å². The van der Waals surface area contributed by atoms with Crippen molar-refractivity contribution in [2.75, 3.05) is 6.61 Å². The molecule has 1 saturated heterocycles. The third-order valence-electron chi connectivity index (χ3n) is 11.6. The zero-order chi connectivity index (χ0) is 25.3.